The molecule has 1 aliphatic rings. The van der Waals surface area contributed by atoms with Gasteiger partial charge in [-0.2, -0.15) is 0 Å². The molecule has 2 atom stereocenters. The average Bonchev–Trinajstić information content (AvgIpc) is 2.40. The lowest BCUT2D eigenvalue weighted by atomic mass is 9.96. The minimum absolute atomic E-state index is 0.183. The van der Waals surface area contributed by atoms with Gasteiger partial charge in [-0.1, -0.05) is 6.92 Å². The van der Waals surface area contributed by atoms with Crippen LogP contribution in [0.15, 0.2) is 0 Å². The molecule has 0 saturated carbocycles. The Labute approximate surface area is 66.8 Å². The van der Waals surface area contributed by atoms with Crippen LogP contribution in [0, 0.1) is 5.92 Å². The lowest BCUT2D eigenvalue weighted by Crippen LogP contribution is -2.35. The lowest BCUT2D eigenvalue weighted by Gasteiger charge is -2.17. The molecule has 2 N–H and O–H groups in total. The largest absolute Gasteiger partial charge is 0.481 e. The van der Waals surface area contributed by atoms with Crippen LogP contribution in [0.3, 0.4) is 0 Å². The van der Waals surface area contributed by atoms with Gasteiger partial charge in [0.15, 0.2) is 0 Å². The van der Waals surface area contributed by atoms with Gasteiger partial charge in [-0.3, -0.25) is 4.79 Å². The van der Waals surface area contributed by atoms with Crippen molar-refractivity contribution in [2.75, 3.05) is 6.54 Å². The molecule has 1 aliphatic heterocycles. The van der Waals surface area contributed by atoms with Crippen molar-refractivity contribution in [3.05, 3.63) is 0 Å². The SMILES string of the molecule is CCC(C(=O)O)[C@H]1CCCN1. The monoisotopic (exact) mass is 157 g/mol. The zero-order valence-corrected chi connectivity index (χ0v) is 6.84. The van der Waals surface area contributed by atoms with Crippen LogP contribution >= 0.6 is 0 Å². The molecule has 0 aromatic rings. The highest BCUT2D eigenvalue weighted by Gasteiger charge is 2.28. The van der Waals surface area contributed by atoms with Crippen LogP contribution in [0.2, 0.25) is 0 Å². The lowest BCUT2D eigenvalue weighted by molar-refractivity contribution is -0.142. The predicted octanol–water partition coefficient (Wildman–Crippen LogP) is 0.849. The van der Waals surface area contributed by atoms with Crippen molar-refractivity contribution in [1.82, 2.24) is 5.32 Å². The Bertz CT molecular complexity index is 141. The summed E-state index contributed by atoms with van der Waals surface area (Å²) in [6.07, 6.45) is 2.87. The Morgan fingerprint density at radius 1 is 1.82 bits per heavy atom. The maximum atomic E-state index is 10.7. The van der Waals surface area contributed by atoms with Crippen LogP contribution in [-0.2, 0) is 4.79 Å². The molecule has 1 heterocycles. The maximum absolute atomic E-state index is 10.7. The second-order valence-electron chi connectivity index (χ2n) is 3.06. The van der Waals surface area contributed by atoms with Gasteiger partial charge in [-0.05, 0) is 25.8 Å². The van der Waals surface area contributed by atoms with Gasteiger partial charge < -0.3 is 10.4 Å². The average molecular weight is 157 g/mol. The number of hydrogen-bond donors (Lipinski definition) is 2. The van der Waals surface area contributed by atoms with E-state index in [1.165, 1.54) is 0 Å². The van der Waals surface area contributed by atoms with Crippen molar-refractivity contribution in [3.8, 4) is 0 Å². The van der Waals surface area contributed by atoms with E-state index in [4.69, 9.17) is 5.11 Å². The molecule has 64 valence electrons. The number of carbonyl (C=O) groups is 1. The summed E-state index contributed by atoms with van der Waals surface area (Å²) >= 11 is 0. The van der Waals surface area contributed by atoms with E-state index in [9.17, 15) is 4.79 Å². The Hall–Kier alpha value is -0.570. The summed E-state index contributed by atoms with van der Waals surface area (Å²) in [7, 11) is 0. The number of carboxylic acids is 1. The van der Waals surface area contributed by atoms with Crippen LogP contribution < -0.4 is 5.32 Å². The minimum Gasteiger partial charge on any atom is -0.481 e. The first-order valence-corrected chi connectivity index (χ1v) is 4.22. The fourth-order valence-electron chi connectivity index (χ4n) is 1.69. The van der Waals surface area contributed by atoms with Crippen LogP contribution in [0.5, 0.6) is 0 Å². The van der Waals surface area contributed by atoms with E-state index in [0.717, 1.165) is 25.8 Å². The Balaban J connectivity index is 2.46. The van der Waals surface area contributed by atoms with E-state index in [2.05, 4.69) is 5.32 Å². The minimum atomic E-state index is -0.660. The van der Waals surface area contributed by atoms with Crippen molar-refractivity contribution in [2.24, 2.45) is 5.92 Å². The molecule has 1 saturated heterocycles. The molecule has 0 aromatic carbocycles. The Morgan fingerprint density at radius 2 is 2.55 bits per heavy atom. The number of aliphatic carboxylic acids is 1. The second kappa shape index (κ2) is 3.72. The number of carboxylic acid groups (broad SMARTS) is 1. The van der Waals surface area contributed by atoms with Gasteiger partial charge in [-0.15, -0.1) is 0 Å². The fourth-order valence-corrected chi connectivity index (χ4v) is 1.69. The van der Waals surface area contributed by atoms with Crippen molar-refractivity contribution in [1.29, 1.82) is 0 Å². The van der Waals surface area contributed by atoms with Gasteiger partial charge >= 0.3 is 5.97 Å². The summed E-state index contributed by atoms with van der Waals surface area (Å²) in [6.45, 7) is 2.91. The van der Waals surface area contributed by atoms with Crippen LogP contribution in [0.1, 0.15) is 26.2 Å². The van der Waals surface area contributed by atoms with E-state index in [1.54, 1.807) is 0 Å². The van der Waals surface area contributed by atoms with E-state index in [0.29, 0.717) is 0 Å². The number of hydrogen-bond acceptors (Lipinski definition) is 2. The molecule has 0 spiro atoms. The molecule has 0 bridgehead atoms. The molecule has 0 aromatic heterocycles. The summed E-state index contributed by atoms with van der Waals surface area (Å²) in [4.78, 5) is 10.7. The van der Waals surface area contributed by atoms with Crippen molar-refractivity contribution < 1.29 is 9.90 Å². The van der Waals surface area contributed by atoms with Crippen molar-refractivity contribution >= 4 is 5.97 Å². The third-order valence-electron chi connectivity index (χ3n) is 2.34. The first kappa shape index (κ1) is 8.53. The molecule has 1 unspecified atom stereocenters. The van der Waals surface area contributed by atoms with E-state index < -0.39 is 5.97 Å². The third kappa shape index (κ3) is 1.93. The van der Waals surface area contributed by atoms with Crippen LogP contribution in [0.25, 0.3) is 0 Å². The summed E-state index contributed by atoms with van der Waals surface area (Å²) in [5, 5.41) is 12.0. The van der Waals surface area contributed by atoms with Crippen LogP contribution in [0.4, 0.5) is 0 Å². The highest BCUT2D eigenvalue weighted by atomic mass is 16.4. The number of rotatable bonds is 3. The third-order valence-corrected chi connectivity index (χ3v) is 2.34. The normalized spacial score (nSPS) is 26.8. The highest BCUT2D eigenvalue weighted by molar-refractivity contribution is 5.70. The Kier molecular flexibility index (Phi) is 2.88. The molecule has 1 fully saturated rings. The topological polar surface area (TPSA) is 49.3 Å². The smallest absolute Gasteiger partial charge is 0.308 e. The van der Waals surface area contributed by atoms with Gasteiger partial charge in [0.05, 0.1) is 5.92 Å². The maximum Gasteiger partial charge on any atom is 0.308 e. The standard InChI is InChI=1S/C8H15NO2/c1-2-6(8(10)11)7-4-3-5-9-7/h6-7,9H,2-5H2,1H3,(H,10,11)/t6?,7-/m1/s1. The summed E-state index contributed by atoms with van der Waals surface area (Å²) in [5.74, 6) is -0.843. The molecule has 3 nitrogen and oxygen atoms in total. The van der Waals surface area contributed by atoms with Gasteiger partial charge in [0.1, 0.15) is 0 Å². The van der Waals surface area contributed by atoms with Crippen LogP contribution in [-0.4, -0.2) is 23.7 Å². The van der Waals surface area contributed by atoms with Gasteiger partial charge in [0.25, 0.3) is 0 Å². The van der Waals surface area contributed by atoms with E-state index in [-0.39, 0.29) is 12.0 Å². The molecule has 0 aliphatic carbocycles. The van der Waals surface area contributed by atoms with Gasteiger partial charge in [0.2, 0.25) is 0 Å². The van der Waals surface area contributed by atoms with E-state index >= 15 is 0 Å². The summed E-state index contributed by atoms with van der Waals surface area (Å²) < 4.78 is 0. The summed E-state index contributed by atoms with van der Waals surface area (Å²) in [6, 6.07) is 0.220. The predicted molar refractivity (Wildman–Crippen MR) is 42.4 cm³/mol. The first-order valence-electron chi connectivity index (χ1n) is 4.22. The quantitative estimate of drug-likeness (QED) is 0.638. The molecule has 3 heteroatoms. The highest BCUT2D eigenvalue weighted by Crippen LogP contribution is 2.17. The molecular formula is C8H15NO2. The molecule has 0 amide bonds. The van der Waals surface area contributed by atoms with Crippen molar-refractivity contribution in [2.45, 2.75) is 32.2 Å². The molecule has 1 rings (SSSR count). The van der Waals surface area contributed by atoms with E-state index in [1.807, 2.05) is 6.92 Å². The van der Waals surface area contributed by atoms with Gasteiger partial charge in [-0.25, -0.2) is 0 Å². The molecule has 0 radical (unpaired) electrons. The summed E-state index contributed by atoms with van der Waals surface area (Å²) in [5.41, 5.74) is 0. The molecular weight excluding hydrogens is 142 g/mol. The zero-order chi connectivity index (χ0) is 8.27. The zero-order valence-electron chi connectivity index (χ0n) is 6.84. The second-order valence-corrected chi connectivity index (χ2v) is 3.06. The fraction of sp³-hybridized carbons (Fsp3) is 0.875. The first-order chi connectivity index (χ1) is 5.25. The Morgan fingerprint density at radius 3 is 2.91 bits per heavy atom. The number of nitrogens with one attached hydrogen (secondary N) is 1. The van der Waals surface area contributed by atoms with Gasteiger partial charge in [0, 0.05) is 6.04 Å². The van der Waals surface area contributed by atoms with Crippen molar-refractivity contribution in [3.63, 3.8) is 0 Å². The molecule has 11 heavy (non-hydrogen) atoms.